The summed E-state index contributed by atoms with van der Waals surface area (Å²) in [6, 6.07) is 17.5. The van der Waals surface area contributed by atoms with Gasteiger partial charge in [0.15, 0.2) is 0 Å². The second-order valence-corrected chi connectivity index (χ2v) is 7.75. The highest BCUT2D eigenvalue weighted by Crippen LogP contribution is 2.23. The minimum atomic E-state index is -0.111. The number of hydrogen-bond donors (Lipinski definition) is 1. The maximum absolute atomic E-state index is 12.9. The molecule has 0 bridgehead atoms. The Morgan fingerprint density at radius 1 is 1.00 bits per heavy atom. The highest BCUT2D eigenvalue weighted by molar-refractivity contribution is 5.89. The number of rotatable bonds is 4. The van der Waals surface area contributed by atoms with Crippen LogP contribution in [0.1, 0.15) is 24.0 Å². The monoisotopic (exact) mass is 402 g/mol. The molecule has 2 aliphatic heterocycles. The largest absolute Gasteiger partial charge is 0.324 e. The fourth-order valence-electron chi connectivity index (χ4n) is 4.12. The predicted molar refractivity (Wildman–Crippen MR) is 117 cm³/mol. The van der Waals surface area contributed by atoms with Crippen LogP contribution in [0.4, 0.5) is 15.3 Å². The van der Waals surface area contributed by atoms with E-state index in [1.807, 2.05) is 69.3 Å². The Hall–Kier alpha value is -3.46. The van der Waals surface area contributed by atoms with Crippen molar-refractivity contribution in [2.75, 3.05) is 31.5 Å². The molecule has 6 nitrogen and oxygen atoms in total. The third-order valence-electron chi connectivity index (χ3n) is 5.84. The standard InChI is InChI=1S/C24H26N4O2/c1-2-19-8-10-21(11-9-19)25-23(29)26-14-12-22(13-15-26)28-17-16-27(24(28)30)18-20-6-4-3-5-7-20/h1,3-11,22H,12-18H2,(H,25,29). The molecular weight excluding hydrogens is 376 g/mol. The third-order valence-corrected chi connectivity index (χ3v) is 5.84. The molecule has 4 rings (SSSR count). The summed E-state index contributed by atoms with van der Waals surface area (Å²) in [7, 11) is 0. The Balaban J connectivity index is 1.27. The Labute approximate surface area is 177 Å². The molecule has 0 radical (unpaired) electrons. The van der Waals surface area contributed by atoms with E-state index in [4.69, 9.17) is 6.42 Å². The van der Waals surface area contributed by atoms with E-state index < -0.39 is 0 Å². The maximum Gasteiger partial charge on any atom is 0.321 e. The number of urea groups is 2. The van der Waals surface area contributed by atoms with E-state index in [2.05, 4.69) is 11.2 Å². The molecule has 0 saturated carbocycles. The van der Waals surface area contributed by atoms with Gasteiger partial charge in [-0.1, -0.05) is 36.3 Å². The number of nitrogens with zero attached hydrogens (tertiary/aromatic N) is 3. The van der Waals surface area contributed by atoms with E-state index in [0.717, 1.165) is 42.7 Å². The molecule has 2 fully saturated rings. The Kier molecular flexibility index (Phi) is 5.89. The van der Waals surface area contributed by atoms with Gasteiger partial charge in [0.05, 0.1) is 0 Å². The molecule has 6 heteroatoms. The first kappa shape index (κ1) is 19.8. The average Bonchev–Trinajstić information content (AvgIpc) is 3.15. The topological polar surface area (TPSA) is 55.9 Å². The number of anilines is 1. The number of terminal acetylenes is 1. The predicted octanol–water partition coefficient (Wildman–Crippen LogP) is 3.60. The van der Waals surface area contributed by atoms with Crippen LogP contribution in [-0.4, -0.2) is 59.0 Å². The van der Waals surface area contributed by atoms with E-state index in [9.17, 15) is 9.59 Å². The number of likely N-dealkylation sites (tertiary alicyclic amines) is 1. The van der Waals surface area contributed by atoms with Gasteiger partial charge in [0.2, 0.25) is 0 Å². The van der Waals surface area contributed by atoms with Crippen LogP contribution in [0.3, 0.4) is 0 Å². The molecule has 0 atom stereocenters. The van der Waals surface area contributed by atoms with E-state index in [1.54, 1.807) is 0 Å². The summed E-state index contributed by atoms with van der Waals surface area (Å²) in [6.45, 7) is 3.44. The zero-order valence-corrected chi connectivity index (χ0v) is 17.0. The van der Waals surface area contributed by atoms with Gasteiger partial charge in [0.1, 0.15) is 0 Å². The molecule has 1 N–H and O–H groups in total. The summed E-state index contributed by atoms with van der Waals surface area (Å²) in [4.78, 5) is 31.1. The number of benzene rings is 2. The molecule has 0 aromatic heterocycles. The molecule has 2 aromatic carbocycles. The first-order valence-corrected chi connectivity index (χ1v) is 10.4. The van der Waals surface area contributed by atoms with Crippen LogP contribution in [0.25, 0.3) is 0 Å². The highest BCUT2D eigenvalue weighted by atomic mass is 16.2. The van der Waals surface area contributed by atoms with Crippen molar-refractivity contribution in [3.05, 3.63) is 65.7 Å². The van der Waals surface area contributed by atoms with E-state index in [0.29, 0.717) is 19.6 Å². The van der Waals surface area contributed by atoms with Crippen molar-refractivity contribution >= 4 is 17.7 Å². The SMILES string of the molecule is C#Cc1ccc(NC(=O)N2CCC(N3CCN(Cc4ccccc4)C3=O)CC2)cc1. The Bertz CT molecular complexity index is 928. The van der Waals surface area contributed by atoms with Gasteiger partial charge in [-0.15, -0.1) is 6.42 Å². The molecule has 0 aliphatic carbocycles. The second-order valence-electron chi connectivity index (χ2n) is 7.75. The van der Waals surface area contributed by atoms with Crippen molar-refractivity contribution in [1.82, 2.24) is 14.7 Å². The van der Waals surface area contributed by atoms with Crippen molar-refractivity contribution in [2.24, 2.45) is 0 Å². The van der Waals surface area contributed by atoms with Gasteiger partial charge in [0, 0.05) is 50.0 Å². The fourth-order valence-corrected chi connectivity index (χ4v) is 4.12. The first-order chi connectivity index (χ1) is 14.6. The highest BCUT2D eigenvalue weighted by Gasteiger charge is 2.35. The molecule has 2 aromatic rings. The summed E-state index contributed by atoms with van der Waals surface area (Å²) >= 11 is 0. The van der Waals surface area contributed by atoms with E-state index in [1.165, 1.54) is 0 Å². The molecule has 4 amide bonds. The minimum absolute atomic E-state index is 0.107. The van der Waals surface area contributed by atoms with Crippen LogP contribution in [0, 0.1) is 12.3 Å². The van der Waals surface area contributed by atoms with Gasteiger partial charge in [0.25, 0.3) is 0 Å². The van der Waals surface area contributed by atoms with Gasteiger partial charge >= 0.3 is 12.1 Å². The van der Waals surface area contributed by atoms with Crippen LogP contribution >= 0.6 is 0 Å². The molecule has 2 saturated heterocycles. The van der Waals surface area contributed by atoms with Gasteiger partial charge in [-0.2, -0.15) is 0 Å². The number of amides is 4. The van der Waals surface area contributed by atoms with Gasteiger partial charge in [-0.3, -0.25) is 0 Å². The number of hydrogen-bond acceptors (Lipinski definition) is 2. The molecule has 2 aliphatic rings. The number of carbonyl (C=O) groups excluding carboxylic acids is 2. The smallest absolute Gasteiger partial charge is 0.321 e. The molecule has 0 unspecified atom stereocenters. The van der Waals surface area contributed by atoms with Crippen molar-refractivity contribution in [3.63, 3.8) is 0 Å². The van der Waals surface area contributed by atoms with Crippen molar-refractivity contribution in [2.45, 2.75) is 25.4 Å². The van der Waals surface area contributed by atoms with Crippen LogP contribution < -0.4 is 5.32 Å². The van der Waals surface area contributed by atoms with Gasteiger partial charge < -0.3 is 20.0 Å². The summed E-state index contributed by atoms with van der Waals surface area (Å²) in [5, 5.41) is 2.92. The molecule has 2 heterocycles. The van der Waals surface area contributed by atoms with Crippen LogP contribution in [-0.2, 0) is 6.54 Å². The maximum atomic E-state index is 12.9. The van der Waals surface area contributed by atoms with Gasteiger partial charge in [-0.05, 0) is 42.7 Å². The second kappa shape index (κ2) is 8.91. The molecule has 30 heavy (non-hydrogen) atoms. The lowest BCUT2D eigenvalue weighted by Crippen LogP contribution is -2.49. The summed E-state index contributed by atoms with van der Waals surface area (Å²) in [5.41, 5.74) is 2.66. The Morgan fingerprint density at radius 3 is 2.37 bits per heavy atom. The van der Waals surface area contributed by atoms with Crippen molar-refractivity contribution in [1.29, 1.82) is 0 Å². The first-order valence-electron chi connectivity index (χ1n) is 10.4. The van der Waals surface area contributed by atoms with Crippen molar-refractivity contribution < 1.29 is 9.59 Å². The normalized spacial score (nSPS) is 17.2. The number of piperidine rings is 1. The minimum Gasteiger partial charge on any atom is -0.324 e. The van der Waals surface area contributed by atoms with E-state index >= 15 is 0 Å². The average molecular weight is 402 g/mol. The molecule has 154 valence electrons. The molecule has 0 spiro atoms. The lowest BCUT2D eigenvalue weighted by molar-refractivity contribution is 0.139. The lowest BCUT2D eigenvalue weighted by Gasteiger charge is -2.36. The summed E-state index contributed by atoms with van der Waals surface area (Å²) in [6.07, 6.45) is 6.96. The van der Waals surface area contributed by atoms with Crippen LogP contribution in [0.15, 0.2) is 54.6 Å². The molecular formula is C24H26N4O2. The Morgan fingerprint density at radius 2 is 1.70 bits per heavy atom. The fraction of sp³-hybridized carbons (Fsp3) is 0.333. The van der Waals surface area contributed by atoms with Crippen molar-refractivity contribution in [3.8, 4) is 12.3 Å². The zero-order chi connectivity index (χ0) is 20.9. The third kappa shape index (κ3) is 4.41. The lowest BCUT2D eigenvalue weighted by atomic mass is 10.0. The quantitative estimate of drug-likeness (QED) is 0.795. The zero-order valence-electron chi connectivity index (χ0n) is 17.0. The number of carbonyl (C=O) groups is 2. The van der Waals surface area contributed by atoms with E-state index in [-0.39, 0.29) is 18.1 Å². The number of nitrogens with one attached hydrogen (secondary N) is 1. The van der Waals surface area contributed by atoms with Crippen LogP contribution in [0.2, 0.25) is 0 Å². The summed E-state index contributed by atoms with van der Waals surface area (Å²) < 4.78 is 0. The van der Waals surface area contributed by atoms with Gasteiger partial charge in [-0.25, -0.2) is 9.59 Å². The van der Waals surface area contributed by atoms with Crippen LogP contribution in [0.5, 0.6) is 0 Å². The summed E-state index contributed by atoms with van der Waals surface area (Å²) in [5.74, 6) is 2.56.